The molecule has 1 rings (SSSR count). The second kappa shape index (κ2) is 6.45. The molecule has 1 atom stereocenters. The van der Waals surface area contributed by atoms with Crippen LogP contribution in [0.2, 0.25) is 0 Å². The zero-order valence-corrected chi connectivity index (χ0v) is 12.4. The Morgan fingerprint density at radius 2 is 2.00 bits per heavy atom. The first kappa shape index (κ1) is 16.1. The van der Waals surface area contributed by atoms with Crippen molar-refractivity contribution in [2.24, 2.45) is 5.73 Å². The topological polar surface area (TPSA) is 63.4 Å². The molecule has 0 aliphatic rings. The number of hydrogen-bond acceptors (Lipinski definition) is 3. The van der Waals surface area contributed by atoms with Gasteiger partial charge in [0.05, 0.1) is 0 Å². The molecule has 1 unspecified atom stereocenters. The van der Waals surface area contributed by atoms with Crippen LogP contribution < -0.4 is 5.73 Å². The van der Waals surface area contributed by atoms with Crippen molar-refractivity contribution < 1.29 is 12.8 Å². The van der Waals surface area contributed by atoms with Crippen molar-refractivity contribution in [2.45, 2.75) is 44.7 Å². The minimum absolute atomic E-state index is 0.170. The molecule has 0 aromatic heterocycles. The van der Waals surface area contributed by atoms with E-state index in [9.17, 15) is 12.8 Å². The summed E-state index contributed by atoms with van der Waals surface area (Å²) in [6, 6.07) is 3.79. The third-order valence-corrected chi connectivity index (χ3v) is 5.32. The lowest BCUT2D eigenvalue weighted by Gasteiger charge is -2.26. The minimum Gasteiger partial charge on any atom is -0.326 e. The number of benzene rings is 1. The molecular weight excluding hydrogens is 267 g/mol. The van der Waals surface area contributed by atoms with Crippen LogP contribution in [0, 0.1) is 5.82 Å². The van der Waals surface area contributed by atoms with Gasteiger partial charge >= 0.3 is 0 Å². The van der Waals surface area contributed by atoms with Crippen molar-refractivity contribution in [2.75, 3.05) is 6.54 Å². The molecule has 0 bridgehead atoms. The highest BCUT2D eigenvalue weighted by Gasteiger charge is 2.29. The quantitative estimate of drug-likeness (QED) is 0.872. The van der Waals surface area contributed by atoms with Gasteiger partial charge in [-0.05, 0) is 31.0 Å². The molecule has 0 aliphatic heterocycles. The Morgan fingerprint density at radius 3 is 2.47 bits per heavy atom. The van der Waals surface area contributed by atoms with Crippen LogP contribution in [0.1, 0.15) is 32.8 Å². The fourth-order valence-corrected chi connectivity index (χ4v) is 3.75. The molecule has 0 spiro atoms. The van der Waals surface area contributed by atoms with Crippen molar-refractivity contribution >= 4 is 10.0 Å². The minimum atomic E-state index is -3.82. The van der Waals surface area contributed by atoms with E-state index < -0.39 is 15.8 Å². The first-order valence-corrected chi connectivity index (χ1v) is 7.82. The van der Waals surface area contributed by atoms with Crippen molar-refractivity contribution in [3.63, 3.8) is 0 Å². The molecule has 6 heteroatoms. The van der Waals surface area contributed by atoms with Crippen LogP contribution in [0.4, 0.5) is 4.39 Å². The van der Waals surface area contributed by atoms with Crippen molar-refractivity contribution in [3.8, 4) is 0 Å². The van der Waals surface area contributed by atoms with Crippen LogP contribution in [-0.2, 0) is 16.6 Å². The van der Waals surface area contributed by atoms with E-state index in [1.165, 1.54) is 16.4 Å². The molecule has 0 heterocycles. The second-order valence-electron chi connectivity index (χ2n) is 4.43. The van der Waals surface area contributed by atoms with Crippen LogP contribution in [0.5, 0.6) is 0 Å². The maximum Gasteiger partial charge on any atom is 0.246 e. The molecule has 0 saturated heterocycles. The lowest BCUT2D eigenvalue weighted by atomic mass is 10.2. The molecular formula is C13H21FN2O2S. The lowest BCUT2D eigenvalue weighted by Crippen LogP contribution is -2.38. The summed E-state index contributed by atoms with van der Waals surface area (Å²) in [4.78, 5) is -0.294. The second-order valence-corrected chi connectivity index (χ2v) is 6.29. The molecule has 108 valence electrons. The SMILES string of the molecule is CCC(C)N(CC)S(=O)(=O)c1cc(CN)ccc1F. The number of nitrogens with zero attached hydrogens (tertiary/aromatic N) is 1. The Labute approximate surface area is 114 Å². The molecule has 0 radical (unpaired) electrons. The highest BCUT2D eigenvalue weighted by molar-refractivity contribution is 7.89. The number of sulfonamides is 1. The summed E-state index contributed by atoms with van der Waals surface area (Å²) >= 11 is 0. The van der Waals surface area contributed by atoms with Crippen molar-refractivity contribution in [1.82, 2.24) is 4.31 Å². The summed E-state index contributed by atoms with van der Waals surface area (Å²) < 4.78 is 40.1. The normalized spacial score (nSPS) is 13.8. The van der Waals surface area contributed by atoms with Crippen LogP contribution in [0.25, 0.3) is 0 Å². The zero-order chi connectivity index (χ0) is 14.6. The Kier molecular flexibility index (Phi) is 5.46. The van der Waals surface area contributed by atoms with Crippen LogP contribution in [-0.4, -0.2) is 25.3 Å². The summed E-state index contributed by atoms with van der Waals surface area (Å²) in [7, 11) is -3.82. The van der Waals surface area contributed by atoms with E-state index in [1.807, 2.05) is 13.8 Å². The average Bonchev–Trinajstić information content (AvgIpc) is 2.39. The van der Waals surface area contributed by atoms with E-state index in [0.29, 0.717) is 18.5 Å². The van der Waals surface area contributed by atoms with E-state index in [1.54, 1.807) is 6.92 Å². The van der Waals surface area contributed by atoms with Crippen molar-refractivity contribution in [1.29, 1.82) is 0 Å². The van der Waals surface area contributed by atoms with Gasteiger partial charge in [0.1, 0.15) is 10.7 Å². The molecule has 1 aromatic rings. The van der Waals surface area contributed by atoms with Gasteiger partial charge in [-0.2, -0.15) is 4.31 Å². The zero-order valence-electron chi connectivity index (χ0n) is 11.6. The Bertz CT molecular complexity index is 531. The third kappa shape index (κ3) is 3.32. The number of nitrogens with two attached hydrogens (primary N) is 1. The Hall–Kier alpha value is -0.980. The summed E-state index contributed by atoms with van der Waals surface area (Å²) in [6.07, 6.45) is 0.672. The van der Waals surface area contributed by atoms with Crippen LogP contribution in [0.15, 0.2) is 23.1 Å². The molecule has 2 N–H and O–H groups in total. The van der Waals surface area contributed by atoms with Gasteiger partial charge < -0.3 is 5.73 Å². The molecule has 0 aliphatic carbocycles. The van der Waals surface area contributed by atoms with E-state index in [0.717, 1.165) is 6.07 Å². The third-order valence-electron chi connectivity index (χ3n) is 3.21. The van der Waals surface area contributed by atoms with E-state index in [-0.39, 0.29) is 17.5 Å². The van der Waals surface area contributed by atoms with Gasteiger partial charge in [-0.25, -0.2) is 12.8 Å². The monoisotopic (exact) mass is 288 g/mol. The number of rotatable bonds is 6. The maximum atomic E-state index is 13.8. The largest absolute Gasteiger partial charge is 0.326 e. The Morgan fingerprint density at radius 1 is 1.37 bits per heavy atom. The fourth-order valence-electron chi connectivity index (χ4n) is 1.92. The summed E-state index contributed by atoms with van der Waals surface area (Å²) in [5, 5.41) is 0. The summed E-state index contributed by atoms with van der Waals surface area (Å²) in [5.74, 6) is -0.737. The molecule has 0 fully saturated rings. The predicted octanol–water partition coefficient (Wildman–Crippen LogP) is 2.09. The molecule has 0 amide bonds. The van der Waals surface area contributed by atoms with Crippen molar-refractivity contribution in [3.05, 3.63) is 29.6 Å². The standard InChI is InChI=1S/C13H21FN2O2S/c1-4-10(3)16(5-2)19(17,18)13-8-11(9-15)6-7-12(13)14/h6-8,10H,4-5,9,15H2,1-3H3. The molecule has 1 aromatic carbocycles. The summed E-state index contributed by atoms with van der Waals surface area (Å²) in [6.45, 7) is 5.94. The maximum absolute atomic E-state index is 13.8. The number of halogens is 1. The van der Waals surface area contributed by atoms with Gasteiger partial charge in [-0.3, -0.25) is 0 Å². The first-order chi connectivity index (χ1) is 8.88. The number of hydrogen-bond donors (Lipinski definition) is 1. The Balaban J connectivity index is 3.33. The lowest BCUT2D eigenvalue weighted by molar-refractivity contribution is 0.340. The van der Waals surface area contributed by atoms with E-state index in [4.69, 9.17) is 5.73 Å². The molecule has 4 nitrogen and oxygen atoms in total. The molecule has 0 saturated carbocycles. The van der Waals surface area contributed by atoms with Crippen LogP contribution in [0.3, 0.4) is 0 Å². The van der Waals surface area contributed by atoms with E-state index in [2.05, 4.69) is 0 Å². The van der Waals surface area contributed by atoms with Gasteiger partial charge in [-0.1, -0.05) is 19.9 Å². The highest BCUT2D eigenvalue weighted by atomic mass is 32.2. The summed E-state index contributed by atoms with van der Waals surface area (Å²) in [5.41, 5.74) is 6.07. The fraction of sp³-hybridized carbons (Fsp3) is 0.538. The van der Waals surface area contributed by atoms with E-state index >= 15 is 0 Å². The van der Waals surface area contributed by atoms with Gasteiger partial charge in [0.2, 0.25) is 10.0 Å². The predicted molar refractivity (Wildman–Crippen MR) is 73.6 cm³/mol. The van der Waals surface area contributed by atoms with Crippen LogP contribution >= 0.6 is 0 Å². The van der Waals surface area contributed by atoms with Gasteiger partial charge in [0.15, 0.2) is 0 Å². The molecule has 19 heavy (non-hydrogen) atoms. The highest BCUT2D eigenvalue weighted by Crippen LogP contribution is 2.23. The average molecular weight is 288 g/mol. The van der Waals surface area contributed by atoms with Gasteiger partial charge in [0.25, 0.3) is 0 Å². The first-order valence-electron chi connectivity index (χ1n) is 6.38. The van der Waals surface area contributed by atoms with Gasteiger partial charge in [0, 0.05) is 19.1 Å². The smallest absolute Gasteiger partial charge is 0.246 e. The van der Waals surface area contributed by atoms with Gasteiger partial charge in [-0.15, -0.1) is 0 Å².